The number of pyridine rings is 1. The Kier molecular flexibility index (Phi) is 7.24. The van der Waals surface area contributed by atoms with E-state index in [-0.39, 0.29) is 16.1 Å². The second kappa shape index (κ2) is 8.20. The summed E-state index contributed by atoms with van der Waals surface area (Å²) in [6.45, 7) is 10.7. The van der Waals surface area contributed by atoms with Crippen molar-refractivity contribution in [2.45, 2.75) is 62.8 Å². The molecule has 0 N–H and O–H groups in total. The Labute approximate surface area is 136 Å². The average molecular weight is 328 g/mol. The summed E-state index contributed by atoms with van der Waals surface area (Å²) in [6.07, 6.45) is 3.14. The average Bonchev–Trinajstić information content (AvgIpc) is 2.43. The first-order chi connectivity index (χ1) is 9.70. The maximum Gasteiger partial charge on any atom is 0.129 e. The van der Waals surface area contributed by atoms with E-state index in [1.165, 1.54) is 0 Å². The minimum atomic E-state index is -0.265. The molecule has 0 aliphatic carbocycles. The highest BCUT2D eigenvalue weighted by molar-refractivity contribution is 8.77. The maximum atomic E-state index is 11.1. The molecule has 0 bridgehead atoms. The van der Waals surface area contributed by atoms with Gasteiger partial charge in [0.1, 0.15) is 10.8 Å². The molecular weight excluding hydrogens is 302 g/mol. The molecule has 0 saturated heterocycles. The van der Waals surface area contributed by atoms with Crippen molar-refractivity contribution in [3.05, 3.63) is 24.4 Å². The molecular formula is C16H25NO2S2. The van der Waals surface area contributed by atoms with E-state index in [1.807, 2.05) is 32.0 Å². The van der Waals surface area contributed by atoms with E-state index < -0.39 is 0 Å². The molecule has 1 rings (SSSR count). The Morgan fingerprint density at radius 1 is 1.29 bits per heavy atom. The molecule has 0 saturated carbocycles. The van der Waals surface area contributed by atoms with Gasteiger partial charge >= 0.3 is 0 Å². The number of ether oxygens (including phenoxy) is 1. The quantitative estimate of drug-likeness (QED) is 0.611. The van der Waals surface area contributed by atoms with Crippen LogP contribution in [0, 0.1) is 0 Å². The Morgan fingerprint density at radius 2 is 2.00 bits per heavy atom. The summed E-state index contributed by atoms with van der Waals surface area (Å²) in [7, 11) is 3.43. The van der Waals surface area contributed by atoms with Gasteiger partial charge in [-0.05, 0) is 64.0 Å². The third-order valence-corrected chi connectivity index (χ3v) is 6.06. The highest BCUT2D eigenvalue weighted by atomic mass is 33.1. The lowest BCUT2D eigenvalue weighted by atomic mass is 10.0. The van der Waals surface area contributed by atoms with Gasteiger partial charge in [0.15, 0.2) is 0 Å². The van der Waals surface area contributed by atoms with Crippen LogP contribution in [0.15, 0.2) is 29.4 Å². The molecule has 5 heteroatoms. The van der Waals surface area contributed by atoms with E-state index in [2.05, 4.69) is 18.8 Å². The number of hydrogen-bond donors (Lipinski definition) is 0. The standard InChI is InChI=1S/C16H25NO2S2/c1-13(18)9-10-15(2,3)19-12-16(4,5)21-20-14-8-6-7-11-17-14/h6-8,11H,9-10,12H2,1-5H3. The lowest BCUT2D eigenvalue weighted by Gasteiger charge is -2.31. The summed E-state index contributed by atoms with van der Waals surface area (Å²) in [5.41, 5.74) is -0.265. The molecule has 0 amide bonds. The lowest BCUT2D eigenvalue weighted by molar-refractivity contribution is -0.118. The SMILES string of the molecule is CC(=O)CCC(C)(C)OCC(C)(C)SSc1ccccn1. The van der Waals surface area contributed by atoms with E-state index in [0.717, 1.165) is 11.4 Å². The van der Waals surface area contributed by atoms with Crippen molar-refractivity contribution in [3.63, 3.8) is 0 Å². The van der Waals surface area contributed by atoms with Gasteiger partial charge in [0, 0.05) is 17.4 Å². The van der Waals surface area contributed by atoms with Crippen molar-refractivity contribution in [2.24, 2.45) is 0 Å². The normalized spacial score (nSPS) is 12.4. The molecule has 0 aromatic carbocycles. The number of rotatable bonds is 9. The zero-order valence-corrected chi connectivity index (χ0v) is 15.1. The highest BCUT2D eigenvalue weighted by Crippen LogP contribution is 2.40. The minimum Gasteiger partial charge on any atom is -0.374 e. The number of aromatic nitrogens is 1. The summed E-state index contributed by atoms with van der Waals surface area (Å²) < 4.78 is 6.01. The first kappa shape index (κ1) is 18.5. The Bertz CT molecular complexity index is 447. The van der Waals surface area contributed by atoms with Crippen molar-refractivity contribution >= 4 is 27.4 Å². The molecule has 0 radical (unpaired) electrons. The molecule has 118 valence electrons. The van der Waals surface area contributed by atoms with Gasteiger partial charge in [-0.25, -0.2) is 4.98 Å². The third kappa shape index (κ3) is 8.49. The monoisotopic (exact) mass is 327 g/mol. The Hall–Kier alpha value is -0.520. The fourth-order valence-corrected chi connectivity index (χ4v) is 3.52. The van der Waals surface area contributed by atoms with Crippen molar-refractivity contribution in [2.75, 3.05) is 6.61 Å². The zero-order valence-electron chi connectivity index (χ0n) is 13.5. The number of ketones is 1. The molecule has 0 fully saturated rings. The van der Waals surface area contributed by atoms with Crippen LogP contribution in [-0.4, -0.2) is 27.7 Å². The summed E-state index contributed by atoms with van der Waals surface area (Å²) in [5.74, 6) is 0.214. The van der Waals surface area contributed by atoms with Crippen LogP contribution in [0.3, 0.4) is 0 Å². The van der Waals surface area contributed by atoms with Crippen molar-refractivity contribution in [1.82, 2.24) is 4.98 Å². The van der Waals surface area contributed by atoms with Crippen molar-refractivity contribution in [3.8, 4) is 0 Å². The topological polar surface area (TPSA) is 39.2 Å². The predicted molar refractivity (Wildman–Crippen MR) is 91.7 cm³/mol. The van der Waals surface area contributed by atoms with Crippen LogP contribution in [0.25, 0.3) is 0 Å². The van der Waals surface area contributed by atoms with E-state index in [9.17, 15) is 4.79 Å². The van der Waals surface area contributed by atoms with Gasteiger partial charge in [0.25, 0.3) is 0 Å². The van der Waals surface area contributed by atoms with Gasteiger partial charge < -0.3 is 9.53 Å². The van der Waals surface area contributed by atoms with E-state index >= 15 is 0 Å². The first-order valence-corrected chi connectivity index (χ1v) is 9.25. The molecule has 1 aromatic heterocycles. The minimum absolute atomic E-state index is 0.0182. The van der Waals surface area contributed by atoms with Crippen molar-refractivity contribution in [1.29, 1.82) is 0 Å². The van der Waals surface area contributed by atoms with Gasteiger partial charge in [-0.1, -0.05) is 16.9 Å². The van der Waals surface area contributed by atoms with Gasteiger partial charge in [0.2, 0.25) is 0 Å². The smallest absolute Gasteiger partial charge is 0.129 e. The van der Waals surface area contributed by atoms with Crippen LogP contribution in [-0.2, 0) is 9.53 Å². The van der Waals surface area contributed by atoms with Gasteiger partial charge in [0.05, 0.1) is 12.2 Å². The van der Waals surface area contributed by atoms with Crippen LogP contribution in [0.2, 0.25) is 0 Å². The van der Waals surface area contributed by atoms with Crippen LogP contribution in [0.4, 0.5) is 0 Å². The Morgan fingerprint density at radius 3 is 2.57 bits per heavy atom. The number of carbonyl (C=O) groups is 1. The summed E-state index contributed by atoms with van der Waals surface area (Å²) in [5, 5.41) is 1.01. The molecule has 0 spiro atoms. The summed E-state index contributed by atoms with van der Waals surface area (Å²) >= 11 is 0. The summed E-state index contributed by atoms with van der Waals surface area (Å²) in [4.78, 5) is 15.4. The number of hydrogen-bond acceptors (Lipinski definition) is 5. The van der Waals surface area contributed by atoms with Crippen LogP contribution < -0.4 is 0 Å². The molecule has 1 aromatic rings. The highest BCUT2D eigenvalue weighted by Gasteiger charge is 2.26. The van der Waals surface area contributed by atoms with E-state index in [0.29, 0.717) is 13.0 Å². The van der Waals surface area contributed by atoms with Crippen LogP contribution >= 0.6 is 21.6 Å². The lowest BCUT2D eigenvalue weighted by Crippen LogP contribution is -2.32. The first-order valence-electron chi connectivity index (χ1n) is 7.10. The molecule has 0 aliphatic heterocycles. The van der Waals surface area contributed by atoms with Crippen LogP contribution in [0.5, 0.6) is 0 Å². The van der Waals surface area contributed by atoms with Gasteiger partial charge in [-0.15, -0.1) is 0 Å². The Balaban J connectivity index is 2.39. The van der Waals surface area contributed by atoms with E-state index in [4.69, 9.17) is 4.74 Å². The summed E-state index contributed by atoms with van der Waals surface area (Å²) in [6, 6.07) is 5.91. The fourth-order valence-electron chi connectivity index (χ4n) is 1.49. The largest absolute Gasteiger partial charge is 0.374 e. The zero-order chi connectivity index (χ0) is 15.9. The molecule has 0 atom stereocenters. The van der Waals surface area contributed by atoms with Crippen molar-refractivity contribution < 1.29 is 9.53 Å². The third-order valence-electron chi connectivity index (χ3n) is 2.88. The predicted octanol–water partition coefficient (Wildman–Crippen LogP) is 4.76. The molecule has 1 heterocycles. The van der Waals surface area contributed by atoms with E-state index in [1.54, 1.807) is 34.7 Å². The molecule has 3 nitrogen and oxygen atoms in total. The second-order valence-electron chi connectivity index (χ2n) is 6.34. The van der Waals surface area contributed by atoms with Gasteiger partial charge in [-0.2, -0.15) is 0 Å². The maximum absolute atomic E-state index is 11.1. The number of nitrogens with zero attached hydrogens (tertiary/aromatic N) is 1. The number of carbonyl (C=O) groups excluding carboxylic acids is 1. The molecule has 0 aliphatic rings. The molecule has 0 unspecified atom stereocenters. The van der Waals surface area contributed by atoms with Crippen LogP contribution in [0.1, 0.15) is 47.5 Å². The number of Topliss-reactive ketones (excluding diaryl/α,β-unsaturated/α-hetero) is 1. The fraction of sp³-hybridized carbons (Fsp3) is 0.625. The van der Waals surface area contributed by atoms with Gasteiger partial charge in [-0.3, -0.25) is 0 Å². The molecule has 21 heavy (non-hydrogen) atoms. The second-order valence-corrected chi connectivity index (χ2v) is 9.20.